The Bertz CT molecular complexity index is 949. The third-order valence-corrected chi connectivity index (χ3v) is 5.60. The molecule has 0 radical (unpaired) electrons. The van der Waals surface area contributed by atoms with Crippen LogP contribution < -0.4 is 5.56 Å². The van der Waals surface area contributed by atoms with Gasteiger partial charge in [-0.3, -0.25) is 9.36 Å². The monoisotopic (exact) mass is 331 g/mol. The van der Waals surface area contributed by atoms with Gasteiger partial charge in [-0.2, -0.15) is 11.3 Å². The molecule has 4 nitrogen and oxygen atoms in total. The molecule has 0 spiro atoms. The van der Waals surface area contributed by atoms with Crippen molar-refractivity contribution in [2.75, 3.05) is 0 Å². The maximum atomic E-state index is 12.3. The maximum absolute atomic E-state index is 12.3. The van der Waals surface area contributed by atoms with E-state index in [0.29, 0.717) is 11.2 Å². The molecule has 4 aromatic rings. The second-order valence-corrected chi connectivity index (χ2v) is 7.02. The van der Waals surface area contributed by atoms with E-state index < -0.39 is 0 Å². The van der Waals surface area contributed by atoms with Crippen LogP contribution >= 0.6 is 34.0 Å². The molecule has 21 heavy (non-hydrogen) atoms. The molecule has 0 fully saturated rings. The second-order valence-electron chi connectivity index (χ2n) is 4.47. The standard InChI is InChI=1S/C14H9N3OS3/c18-14-12-11(2-4-20-12)15-8-17(14)5-10-7-21-13(16-10)9-1-3-19-6-9/h1-4,6-8H,5H2. The van der Waals surface area contributed by atoms with E-state index >= 15 is 0 Å². The molecule has 0 aromatic carbocycles. The number of aromatic nitrogens is 3. The number of hydrogen-bond donors (Lipinski definition) is 0. The lowest BCUT2D eigenvalue weighted by atomic mass is 10.3. The zero-order chi connectivity index (χ0) is 14.2. The molecular formula is C14H9N3OS3. The van der Waals surface area contributed by atoms with Gasteiger partial charge in [-0.25, -0.2) is 9.97 Å². The van der Waals surface area contributed by atoms with Gasteiger partial charge in [0.25, 0.3) is 5.56 Å². The number of fused-ring (bicyclic) bond motifs is 1. The first-order valence-corrected chi connectivity index (χ1v) is 8.91. The summed E-state index contributed by atoms with van der Waals surface area (Å²) < 4.78 is 2.32. The molecule has 0 saturated carbocycles. The summed E-state index contributed by atoms with van der Waals surface area (Å²) in [5.74, 6) is 0. The van der Waals surface area contributed by atoms with Gasteiger partial charge in [0.1, 0.15) is 9.71 Å². The summed E-state index contributed by atoms with van der Waals surface area (Å²) in [6.45, 7) is 0.459. The Balaban J connectivity index is 1.68. The minimum atomic E-state index is 0.0000772. The zero-order valence-electron chi connectivity index (χ0n) is 10.7. The number of nitrogens with zero attached hydrogens (tertiary/aromatic N) is 3. The van der Waals surface area contributed by atoms with Gasteiger partial charge in [0.2, 0.25) is 0 Å². The van der Waals surface area contributed by atoms with Crippen LogP contribution in [-0.2, 0) is 6.54 Å². The van der Waals surface area contributed by atoms with Gasteiger partial charge >= 0.3 is 0 Å². The Morgan fingerprint density at radius 2 is 2.10 bits per heavy atom. The number of thiophene rings is 2. The van der Waals surface area contributed by atoms with Crippen molar-refractivity contribution in [2.24, 2.45) is 0 Å². The van der Waals surface area contributed by atoms with Crippen LogP contribution in [0.3, 0.4) is 0 Å². The topological polar surface area (TPSA) is 47.8 Å². The van der Waals surface area contributed by atoms with Crippen molar-refractivity contribution in [3.63, 3.8) is 0 Å². The van der Waals surface area contributed by atoms with E-state index in [0.717, 1.165) is 21.8 Å². The van der Waals surface area contributed by atoms with Crippen LogP contribution in [0.5, 0.6) is 0 Å². The maximum Gasteiger partial charge on any atom is 0.271 e. The van der Waals surface area contributed by atoms with Crippen LogP contribution in [0.1, 0.15) is 5.69 Å². The molecule has 0 atom stereocenters. The van der Waals surface area contributed by atoms with Crippen molar-refractivity contribution < 1.29 is 0 Å². The van der Waals surface area contributed by atoms with Gasteiger partial charge in [-0.05, 0) is 22.9 Å². The minimum absolute atomic E-state index is 0.0000772. The smallest absolute Gasteiger partial charge is 0.271 e. The van der Waals surface area contributed by atoms with E-state index in [1.165, 1.54) is 11.3 Å². The van der Waals surface area contributed by atoms with Crippen LogP contribution in [-0.4, -0.2) is 14.5 Å². The predicted octanol–water partition coefficient (Wildman–Crippen LogP) is 3.69. The summed E-state index contributed by atoms with van der Waals surface area (Å²) >= 11 is 4.69. The van der Waals surface area contributed by atoms with Crippen LogP contribution in [0.15, 0.2) is 44.8 Å². The molecule has 0 N–H and O–H groups in total. The first-order valence-electron chi connectivity index (χ1n) is 6.21. The number of rotatable bonds is 3. The summed E-state index contributed by atoms with van der Waals surface area (Å²) in [6.07, 6.45) is 1.60. The molecule has 0 unspecified atom stereocenters. The van der Waals surface area contributed by atoms with Gasteiger partial charge in [0.05, 0.1) is 24.1 Å². The third kappa shape index (κ3) is 2.33. The Labute approximate surface area is 132 Å². The first kappa shape index (κ1) is 12.9. The van der Waals surface area contributed by atoms with Crippen molar-refractivity contribution in [3.05, 3.63) is 56.0 Å². The van der Waals surface area contributed by atoms with Crippen molar-refractivity contribution in [1.82, 2.24) is 14.5 Å². The highest BCUT2D eigenvalue weighted by atomic mass is 32.1. The van der Waals surface area contributed by atoms with Crippen molar-refractivity contribution in [2.45, 2.75) is 6.54 Å². The fourth-order valence-corrected chi connectivity index (χ4v) is 4.38. The van der Waals surface area contributed by atoms with Crippen molar-refractivity contribution >= 4 is 44.2 Å². The molecule has 0 amide bonds. The minimum Gasteiger partial charge on any atom is -0.292 e. The molecular weight excluding hydrogens is 322 g/mol. The number of thiazole rings is 1. The molecule has 4 rings (SSSR count). The summed E-state index contributed by atoms with van der Waals surface area (Å²) in [5, 5.41) is 8.99. The average molecular weight is 331 g/mol. The summed E-state index contributed by atoms with van der Waals surface area (Å²) in [7, 11) is 0. The summed E-state index contributed by atoms with van der Waals surface area (Å²) in [4.78, 5) is 21.2. The van der Waals surface area contributed by atoms with Gasteiger partial charge < -0.3 is 0 Å². The van der Waals surface area contributed by atoms with E-state index in [-0.39, 0.29) is 5.56 Å². The van der Waals surface area contributed by atoms with Crippen LogP contribution in [0.2, 0.25) is 0 Å². The van der Waals surface area contributed by atoms with E-state index in [4.69, 9.17) is 0 Å². The van der Waals surface area contributed by atoms with Gasteiger partial charge in [-0.15, -0.1) is 22.7 Å². The highest BCUT2D eigenvalue weighted by Gasteiger charge is 2.09. The first-order chi connectivity index (χ1) is 10.3. The molecule has 4 aromatic heterocycles. The van der Waals surface area contributed by atoms with Crippen LogP contribution in [0.4, 0.5) is 0 Å². The van der Waals surface area contributed by atoms with Gasteiger partial charge in [0, 0.05) is 16.3 Å². The molecule has 0 aliphatic rings. The lowest BCUT2D eigenvalue weighted by Gasteiger charge is -2.02. The fourth-order valence-electron chi connectivity index (χ4n) is 2.06. The van der Waals surface area contributed by atoms with E-state index in [1.807, 2.05) is 22.2 Å². The average Bonchev–Trinajstić information content (AvgIpc) is 3.21. The molecule has 0 aliphatic carbocycles. The Morgan fingerprint density at radius 3 is 2.95 bits per heavy atom. The third-order valence-electron chi connectivity index (χ3n) is 3.09. The number of hydrogen-bond acceptors (Lipinski definition) is 6. The second kappa shape index (κ2) is 5.18. The van der Waals surface area contributed by atoms with E-state index in [9.17, 15) is 4.79 Å². The van der Waals surface area contributed by atoms with Crippen LogP contribution in [0.25, 0.3) is 20.8 Å². The lowest BCUT2D eigenvalue weighted by molar-refractivity contribution is 0.736. The molecule has 104 valence electrons. The van der Waals surface area contributed by atoms with Crippen molar-refractivity contribution in [3.8, 4) is 10.6 Å². The van der Waals surface area contributed by atoms with Gasteiger partial charge in [0.15, 0.2) is 0 Å². The molecule has 0 bridgehead atoms. The Morgan fingerprint density at radius 1 is 1.14 bits per heavy atom. The molecule has 0 aliphatic heterocycles. The van der Waals surface area contributed by atoms with E-state index in [2.05, 4.69) is 21.4 Å². The highest BCUT2D eigenvalue weighted by Crippen LogP contribution is 2.25. The molecule has 7 heteroatoms. The van der Waals surface area contributed by atoms with Crippen LogP contribution in [0, 0.1) is 0 Å². The molecule has 0 saturated heterocycles. The zero-order valence-corrected chi connectivity index (χ0v) is 13.2. The van der Waals surface area contributed by atoms with Crippen molar-refractivity contribution in [1.29, 1.82) is 0 Å². The predicted molar refractivity (Wildman–Crippen MR) is 88.4 cm³/mol. The SMILES string of the molecule is O=c1c2sccc2ncn1Cc1csc(-c2ccsc2)n1. The molecule has 4 heterocycles. The summed E-state index contributed by atoms with van der Waals surface area (Å²) in [5.41, 5.74) is 2.79. The Hall–Kier alpha value is -1.83. The summed E-state index contributed by atoms with van der Waals surface area (Å²) in [6, 6.07) is 3.92. The Kier molecular flexibility index (Phi) is 3.17. The highest BCUT2D eigenvalue weighted by molar-refractivity contribution is 7.17. The van der Waals surface area contributed by atoms with E-state index in [1.54, 1.807) is 33.6 Å². The fraction of sp³-hybridized carbons (Fsp3) is 0.0714. The van der Waals surface area contributed by atoms with Gasteiger partial charge in [-0.1, -0.05) is 0 Å². The lowest BCUT2D eigenvalue weighted by Crippen LogP contribution is -2.20. The normalized spacial score (nSPS) is 11.2. The quantitative estimate of drug-likeness (QED) is 0.575. The largest absolute Gasteiger partial charge is 0.292 e.